The van der Waals surface area contributed by atoms with Crippen LogP contribution in [0.4, 0.5) is 0 Å². The molecule has 11 nitrogen and oxygen atoms in total. The fourth-order valence-electron chi connectivity index (χ4n) is 7.90. The molecule has 7 atom stereocenters. The third-order valence-electron chi connectivity index (χ3n) is 11.1. The van der Waals surface area contributed by atoms with Crippen molar-refractivity contribution < 1.29 is 28.7 Å². The van der Waals surface area contributed by atoms with Gasteiger partial charge in [-0.15, -0.1) is 11.8 Å². The summed E-state index contributed by atoms with van der Waals surface area (Å²) < 4.78 is 11.4. The number of amides is 4. The molecule has 7 unspecified atom stereocenters. The minimum absolute atomic E-state index is 0.00892. The number of likely N-dealkylation sites (N-methyl/N-ethyl adjacent to an activating group) is 2. The Morgan fingerprint density at radius 2 is 1.57 bits per heavy atom. The van der Waals surface area contributed by atoms with Gasteiger partial charge in [-0.1, -0.05) is 78.3 Å². The van der Waals surface area contributed by atoms with Gasteiger partial charge in [-0.3, -0.25) is 24.1 Å². The SMILES string of the molecule is CCC(C)C(C(CC(=O)N1CCCC1CC(Sc1ccc(OC)cc1)C(=O)NCCc1ccccc1)OC)N(C)C(=O)C(NC(=O)C(C(C)C)N(C)C)C(C)C. The van der Waals surface area contributed by atoms with Crippen molar-refractivity contribution >= 4 is 35.4 Å². The van der Waals surface area contributed by atoms with Crippen molar-refractivity contribution in [3.8, 4) is 5.75 Å². The monoisotopic (exact) mass is 795 g/mol. The highest BCUT2D eigenvalue weighted by Gasteiger charge is 2.41. The van der Waals surface area contributed by atoms with E-state index < -0.39 is 23.4 Å². The lowest BCUT2D eigenvalue weighted by atomic mass is 9.89. The number of nitrogens with zero attached hydrogens (tertiary/aromatic N) is 3. The van der Waals surface area contributed by atoms with Crippen molar-refractivity contribution in [3.63, 3.8) is 0 Å². The number of likely N-dealkylation sites (tertiary alicyclic amines) is 1. The zero-order valence-corrected chi connectivity index (χ0v) is 36.6. The third-order valence-corrected chi connectivity index (χ3v) is 12.4. The van der Waals surface area contributed by atoms with Crippen molar-refractivity contribution in [1.29, 1.82) is 0 Å². The van der Waals surface area contributed by atoms with Crippen LogP contribution in [0.3, 0.4) is 0 Å². The van der Waals surface area contributed by atoms with Gasteiger partial charge in [0.25, 0.3) is 0 Å². The molecule has 0 saturated carbocycles. The Kier molecular flexibility index (Phi) is 19.2. The molecule has 3 rings (SSSR count). The molecule has 1 aliphatic heterocycles. The first-order chi connectivity index (χ1) is 26.6. The first-order valence-corrected chi connectivity index (χ1v) is 21.2. The number of thioether (sulfide) groups is 1. The fourth-order valence-corrected chi connectivity index (χ4v) is 9.03. The van der Waals surface area contributed by atoms with E-state index in [2.05, 4.69) is 36.6 Å². The Morgan fingerprint density at radius 1 is 0.911 bits per heavy atom. The molecule has 1 heterocycles. The summed E-state index contributed by atoms with van der Waals surface area (Å²) in [6.45, 7) is 13.1. The van der Waals surface area contributed by atoms with Crippen LogP contribution in [-0.4, -0.2) is 122 Å². The summed E-state index contributed by atoms with van der Waals surface area (Å²) in [5.41, 5.74) is 1.16. The van der Waals surface area contributed by atoms with Gasteiger partial charge in [0.05, 0.1) is 37.0 Å². The molecule has 312 valence electrons. The number of hydrogen-bond acceptors (Lipinski definition) is 8. The van der Waals surface area contributed by atoms with Gasteiger partial charge in [-0.25, -0.2) is 0 Å². The molecule has 0 radical (unpaired) electrons. The first kappa shape index (κ1) is 46.8. The van der Waals surface area contributed by atoms with E-state index in [1.807, 2.05) is 94.1 Å². The van der Waals surface area contributed by atoms with E-state index in [0.29, 0.717) is 19.5 Å². The predicted molar refractivity (Wildman–Crippen MR) is 226 cm³/mol. The molecule has 2 aromatic carbocycles. The average Bonchev–Trinajstić information content (AvgIpc) is 3.64. The number of rotatable bonds is 22. The fraction of sp³-hybridized carbons (Fsp3) is 0.636. The number of benzene rings is 2. The lowest BCUT2D eigenvalue weighted by Gasteiger charge is -2.40. The van der Waals surface area contributed by atoms with Crippen LogP contribution in [0, 0.1) is 17.8 Å². The molecule has 1 fully saturated rings. The Morgan fingerprint density at radius 3 is 2.12 bits per heavy atom. The highest BCUT2D eigenvalue weighted by atomic mass is 32.2. The Bertz CT molecular complexity index is 1520. The van der Waals surface area contributed by atoms with Gasteiger partial charge in [0.15, 0.2) is 0 Å². The van der Waals surface area contributed by atoms with Crippen molar-refractivity contribution in [1.82, 2.24) is 25.3 Å². The van der Waals surface area contributed by atoms with Crippen LogP contribution in [0.2, 0.25) is 0 Å². The zero-order valence-electron chi connectivity index (χ0n) is 35.7. The molecule has 12 heteroatoms. The number of ether oxygens (including phenoxy) is 2. The lowest BCUT2D eigenvalue weighted by molar-refractivity contribution is -0.146. The van der Waals surface area contributed by atoms with Crippen LogP contribution in [0.5, 0.6) is 5.75 Å². The molecule has 2 N–H and O–H groups in total. The summed E-state index contributed by atoms with van der Waals surface area (Å²) in [5, 5.41) is 5.81. The maximum absolute atomic E-state index is 14.3. The molecule has 4 amide bonds. The van der Waals surface area contributed by atoms with Gasteiger partial charge in [-0.2, -0.15) is 0 Å². The standard InChI is InChI=1S/C44H69N5O6S/c1-12-31(6)41(48(9)44(53)39(29(2)3)46-43(52)40(30(4)5)47(7)8)36(55-11)28-38(50)49-26-16-19-33(49)27-37(56-35-22-20-34(54-10)21-23-35)42(51)45-25-24-32-17-14-13-15-18-32/h13-15,17-18,20-23,29-31,33,36-37,39-41H,12,16,19,24-28H2,1-11H3,(H,45,51)(H,46,52). The number of carbonyl (C=O) groups excluding carboxylic acids is 4. The van der Waals surface area contributed by atoms with Crippen LogP contribution in [0.1, 0.15) is 79.2 Å². The van der Waals surface area contributed by atoms with Gasteiger partial charge in [0.1, 0.15) is 11.8 Å². The minimum Gasteiger partial charge on any atom is -0.497 e. The van der Waals surface area contributed by atoms with Crippen LogP contribution >= 0.6 is 11.8 Å². The predicted octanol–water partition coefficient (Wildman–Crippen LogP) is 5.90. The van der Waals surface area contributed by atoms with Crippen LogP contribution in [0.15, 0.2) is 59.5 Å². The molecule has 1 aliphatic rings. The van der Waals surface area contributed by atoms with Gasteiger partial charge >= 0.3 is 0 Å². The lowest BCUT2D eigenvalue weighted by Crippen LogP contribution is -2.59. The normalized spacial score (nSPS) is 17.6. The summed E-state index contributed by atoms with van der Waals surface area (Å²) in [5.74, 6) is 0.165. The van der Waals surface area contributed by atoms with E-state index in [4.69, 9.17) is 9.47 Å². The highest BCUT2D eigenvalue weighted by molar-refractivity contribution is 8.00. The van der Waals surface area contributed by atoms with Gasteiger partial charge in [-0.05, 0) is 87.4 Å². The van der Waals surface area contributed by atoms with E-state index in [9.17, 15) is 19.2 Å². The van der Waals surface area contributed by atoms with E-state index in [-0.39, 0.29) is 59.9 Å². The van der Waals surface area contributed by atoms with Gasteiger partial charge in [0, 0.05) is 38.2 Å². The summed E-state index contributed by atoms with van der Waals surface area (Å²) in [7, 11) is 8.73. The zero-order chi connectivity index (χ0) is 41.5. The summed E-state index contributed by atoms with van der Waals surface area (Å²) in [6.07, 6.45) is 3.16. The largest absolute Gasteiger partial charge is 0.497 e. The number of methoxy groups -OCH3 is 2. The first-order valence-electron chi connectivity index (χ1n) is 20.3. The highest BCUT2D eigenvalue weighted by Crippen LogP contribution is 2.33. The van der Waals surface area contributed by atoms with Crippen LogP contribution in [0.25, 0.3) is 0 Å². The van der Waals surface area contributed by atoms with Crippen molar-refractivity contribution in [3.05, 3.63) is 60.2 Å². The number of carbonyl (C=O) groups is 4. The number of nitrogens with one attached hydrogen (secondary N) is 2. The second-order valence-electron chi connectivity index (χ2n) is 16.1. The van der Waals surface area contributed by atoms with Gasteiger partial charge in [0.2, 0.25) is 23.6 Å². The molecular formula is C44H69N5O6S. The molecule has 0 bridgehead atoms. The minimum atomic E-state index is -0.740. The topological polar surface area (TPSA) is 121 Å². The molecule has 2 aromatic rings. The summed E-state index contributed by atoms with van der Waals surface area (Å²) in [6, 6.07) is 16.1. The van der Waals surface area contributed by atoms with E-state index >= 15 is 0 Å². The van der Waals surface area contributed by atoms with E-state index in [1.165, 1.54) is 11.8 Å². The molecule has 56 heavy (non-hydrogen) atoms. The Labute approximate surface area is 341 Å². The van der Waals surface area contributed by atoms with Crippen LogP contribution in [-0.2, 0) is 30.3 Å². The van der Waals surface area contributed by atoms with Gasteiger partial charge < -0.3 is 29.9 Å². The maximum Gasteiger partial charge on any atom is 0.245 e. The number of hydrogen-bond donors (Lipinski definition) is 2. The second-order valence-corrected chi connectivity index (χ2v) is 17.4. The Balaban J connectivity index is 1.79. The summed E-state index contributed by atoms with van der Waals surface area (Å²) in [4.78, 5) is 62.3. The second kappa shape index (κ2) is 23.0. The summed E-state index contributed by atoms with van der Waals surface area (Å²) >= 11 is 1.51. The van der Waals surface area contributed by atoms with E-state index in [0.717, 1.165) is 41.9 Å². The molecule has 0 spiro atoms. The Hall–Kier alpha value is -3.61. The third kappa shape index (κ3) is 13.2. The maximum atomic E-state index is 14.3. The molecular weight excluding hydrogens is 727 g/mol. The van der Waals surface area contributed by atoms with E-state index in [1.54, 1.807) is 26.2 Å². The molecule has 0 aliphatic carbocycles. The smallest absolute Gasteiger partial charge is 0.245 e. The van der Waals surface area contributed by atoms with Crippen molar-refractivity contribution in [2.45, 2.75) is 120 Å². The van der Waals surface area contributed by atoms with Crippen molar-refractivity contribution in [2.24, 2.45) is 17.8 Å². The molecule has 1 saturated heterocycles. The molecule has 0 aromatic heterocycles. The quantitative estimate of drug-likeness (QED) is 0.142. The van der Waals surface area contributed by atoms with Crippen LogP contribution < -0.4 is 15.4 Å². The van der Waals surface area contributed by atoms with Crippen molar-refractivity contribution in [2.75, 3.05) is 48.5 Å². The average molecular weight is 796 g/mol.